The lowest BCUT2D eigenvalue weighted by Gasteiger charge is -2.17. The molecule has 0 bridgehead atoms. The maximum absolute atomic E-state index is 13.2. The number of likely N-dealkylation sites (N-methyl/N-ethyl adjacent to an activating group) is 1. The number of fused-ring (bicyclic) bond motifs is 1. The highest BCUT2D eigenvalue weighted by molar-refractivity contribution is 6.01. The number of pyridine rings is 2. The Kier molecular flexibility index (Phi) is 7.07. The molecule has 1 aromatic carbocycles. The van der Waals surface area contributed by atoms with Crippen molar-refractivity contribution in [1.29, 1.82) is 0 Å². The zero-order chi connectivity index (χ0) is 24.3. The molecule has 3 aromatic rings. The number of halogens is 1. The number of rotatable bonds is 7. The minimum Gasteiger partial charge on any atom is -0.505 e. The number of aromatic nitrogens is 2. The van der Waals surface area contributed by atoms with Crippen LogP contribution in [0.4, 0.5) is 4.39 Å². The fraction of sp³-hybridized carbons (Fsp3) is 0.304. The van der Waals surface area contributed by atoms with Crippen LogP contribution in [0.2, 0.25) is 0 Å². The smallest absolute Gasteiger partial charge is 0.268 e. The Balaban J connectivity index is 2.15. The molecule has 2 amide bonds. The largest absolute Gasteiger partial charge is 0.505 e. The van der Waals surface area contributed by atoms with Crippen molar-refractivity contribution >= 4 is 22.8 Å². The Bertz CT molecular complexity index is 1250. The van der Waals surface area contributed by atoms with E-state index in [1.54, 1.807) is 18.2 Å². The number of aliphatic hydroxyl groups excluding tert-OH is 1. The van der Waals surface area contributed by atoms with Gasteiger partial charge < -0.3 is 20.4 Å². The Morgan fingerprint density at radius 2 is 1.88 bits per heavy atom. The second-order valence-electron chi connectivity index (χ2n) is 7.98. The van der Waals surface area contributed by atoms with Gasteiger partial charge in [0, 0.05) is 26.8 Å². The molecule has 0 aliphatic heterocycles. The molecule has 0 aliphatic carbocycles. The zero-order valence-corrected chi connectivity index (χ0v) is 18.5. The predicted octanol–water partition coefficient (Wildman–Crippen LogP) is 1.03. The molecule has 174 valence electrons. The van der Waals surface area contributed by atoms with Crippen molar-refractivity contribution in [2.75, 3.05) is 20.6 Å². The molecule has 2 heterocycles. The van der Waals surface area contributed by atoms with Crippen molar-refractivity contribution in [1.82, 2.24) is 19.8 Å². The van der Waals surface area contributed by atoms with Crippen LogP contribution in [-0.4, -0.2) is 63.2 Å². The number of benzene rings is 1. The van der Waals surface area contributed by atoms with E-state index >= 15 is 0 Å². The molecule has 2 aromatic heterocycles. The summed E-state index contributed by atoms with van der Waals surface area (Å²) in [6.45, 7) is 0.955. The number of aliphatic hydroxyl groups is 1. The van der Waals surface area contributed by atoms with Crippen molar-refractivity contribution in [2.45, 2.75) is 26.0 Å². The molecule has 0 saturated carbocycles. The van der Waals surface area contributed by atoms with Gasteiger partial charge in [-0.25, -0.2) is 4.39 Å². The Labute approximate surface area is 189 Å². The van der Waals surface area contributed by atoms with E-state index in [0.29, 0.717) is 12.0 Å². The minimum atomic E-state index is -0.886. The van der Waals surface area contributed by atoms with Crippen LogP contribution in [0, 0.1) is 5.82 Å². The van der Waals surface area contributed by atoms with Gasteiger partial charge in [-0.1, -0.05) is 12.1 Å². The normalized spacial score (nSPS) is 11.9. The van der Waals surface area contributed by atoms with E-state index in [0.717, 1.165) is 10.1 Å². The SMILES string of the molecule is C[C@@H](O)CNC(=O)c1c(O)c2ncc(Cc3ccc(F)cc3)cc2n(CC(=O)N(C)C)c1=O. The maximum atomic E-state index is 13.2. The highest BCUT2D eigenvalue weighted by Crippen LogP contribution is 2.26. The van der Waals surface area contributed by atoms with Crippen LogP contribution in [0.15, 0.2) is 41.3 Å². The number of aromatic hydroxyl groups is 1. The lowest BCUT2D eigenvalue weighted by molar-refractivity contribution is -0.129. The van der Waals surface area contributed by atoms with Gasteiger partial charge in [-0.3, -0.25) is 23.9 Å². The third-order valence-electron chi connectivity index (χ3n) is 5.03. The van der Waals surface area contributed by atoms with Crippen LogP contribution < -0.4 is 10.9 Å². The standard InChI is InChI=1S/C23H25FN4O5/c1-13(29)10-26-22(32)19-21(31)20-17(28(23(19)33)12-18(30)27(2)3)9-15(11-25-20)8-14-4-6-16(24)7-5-14/h4-7,9,11,13,29,31H,8,10,12H2,1-3H3,(H,26,32)/t13-/m1/s1. The summed E-state index contributed by atoms with van der Waals surface area (Å²) in [5, 5.41) is 22.5. The molecular formula is C23H25FN4O5. The number of hydrogen-bond donors (Lipinski definition) is 3. The van der Waals surface area contributed by atoms with Crippen molar-refractivity contribution in [3.8, 4) is 5.75 Å². The summed E-state index contributed by atoms with van der Waals surface area (Å²) in [5.74, 6) is -2.26. The Morgan fingerprint density at radius 1 is 1.21 bits per heavy atom. The number of amides is 2. The minimum absolute atomic E-state index is 0.0220. The molecule has 0 spiro atoms. The van der Waals surface area contributed by atoms with Crippen LogP contribution in [0.3, 0.4) is 0 Å². The summed E-state index contributed by atoms with van der Waals surface area (Å²) in [6, 6.07) is 7.51. The predicted molar refractivity (Wildman–Crippen MR) is 120 cm³/mol. The molecular weight excluding hydrogens is 431 g/mol. The molecule has 0 aliphatic rings. The van der Waals surface area contributed by atoms with Gasteiger partial charge in [-0.15, -0.1) is 0 Å². The third kappa shape index (κ3) is 5.35. The van der Waals surface area contributed by atoms with E-state index in [2.05, 4.69) is 10.3 Å². The summed E-state index contributed by atoms with van der Waals surface area (Å²) < 4.78 is 14.3. The van der Waals surface area contributed by atoms with E-state index < -0.39 is 34.8 Å². The van der Waals surface area contributed by atoms with Gasteiger partial charge in [-0.2, -0.15) is 0 Å². The van der Waals surface area contributed by atoms with Crippen molar-refractivity contribution in [3.63, 3.8) is 0 Å². The first-order valence-corrected chi connectivity index (χ1v) is 10.2. The first-order valence-electron chi connectivity index (χ1n) is 10.2. The van der Waals surface area contributed by atoms with Crippen LogP contribution in [-0.2, 0) is 17.8 Å². The summed E-state index contributed by atoms with van der Waals surface area (Å²) in [7, 11) is 3.06. The topological polar surface area (TPSA) is 125 Å². The van der Waals surface area contributed by atoms with Crippen LogP contribution in [0.5, 0.6) is 5.75 Å². The third-order valence-corrected chi connectivity index (χ3v) is 5.03. The van der Waals surface area contributed by atoms with Crippen molar-refractivity contribution in [3.05, 3.63) is 69.4 Å². The average Bonchev–Trinajstić information content (AvgIpc) is 2.76. The van der Waals surface area contributed by atoms with E-state index in [4.69, 9.17) is 0 Å². The number of nitrogens with one attached hydrogen (secondary N) is 1. The van der Waals surface area contributed by atoms with Crippen LogP contribution >= 0.6 is 0 Å². The first kappa shape index (κ1) is 23.9. The summed E-state index contributed by atoms with van der Waals surface area (Å²) in [4.78, 5) is 43.7. The monoisotopic (exact) mass is 456 g/mol. The molecule has 10 heteroatoms. The van der Waals surface area contributed by atoms with E-state index in [1.807, 2.05) is 0 Å². The van der Waals surface area contributed by atoms with Gasteiger partial charge in [0.05, 0.1) is 11.6 Å². The second kappa shape index (κ2) is 9.78. The molecule has 0 unspecified atom stereocenters. The van der Waals surface area contributed by atoms with Gasteiger partial charge >= 0.3 is 0 Å². The number of carbonyl (C=O) groups excluding carboxylic acids is 2. The molecule has 33 heavy (non-hydrogen) atoms. The molecule has 9 nitrogen and oxygen atoms in total. The van der Waals surface area contributed by atoms with Crippen LogP contribution in [0.25, 0.3) is 11.0 Å². The summed E-state index contributed by atoms with van der Waals surface area (Å²) in [5.41, 5.74) is 0.192. The van der Waals surface area contributed by atoms with E-state index in [-0.39, 0.29) is 29.9 Å². The first-order chi connectivity index (χ1) is 15.6. The van der Waals surface area contributed by atoms with Crippen molar-refractivity contribution < 1.29 is 24.2 Å². The van der Waals surface area contributed by atoms with Crippen LogP contribution in [0.1, 0.15) is 28.4 Å². The Hall–Kier alpha value is -3.79. The molecule has 0 fully saturated rings. The molecule has 0 radical (unpaired) electrons. The van der Waals surface area contributed by atoms with Gasteiger partial charge in [-0.05, 0) is 42.7 Å². The number of carbonyl (C=O) groups is 2. The fourth-order valence-electron chi connectivity index (χ4n) is 3.25. The van der Waals surface area contributed by atoms with Gasteiger partial charge in [0.15, 0.2) is 5.75 Å². The molecule has 3 N–H and O–H groups in total. The fourth-order valence-corrected chi connectivity index (χ4v) is 3.25. The quantitative estimate of drug-likeness (QED) is 0.488. The van der Waals surface area contributed by atoms with E-state index in [1.165, 1.54) is 44.2 Å². The lowest BCUT2D eigenvalue weighted by Crippen LogP contribution is -2.38. The molecule has 1 atom stereocenters. The maximum Gasteiger partial charge on any atom is 0.268 e. The highest BCUT2D eigenvalue weighted by Gasteiger charge is 2.24. The molecule has 0 saturated heterocycles. The summed E-state index contributed by atoms with van der Waals surface area (Å²) >= 11 is 0. The van der Waals surface area contributed by atoms with Crippen molar-refractivity contribution in [2.24, 2.45) is 0 Å². The van der Waals surface area contributed by atoms with Gasteiger partial charge in [0.25, 0.3) is 11.5 Å². The number of hydrogen-bond acceptors (Lipinski definition) is 6. The summed E-state index contributed by atoms with van der Waals surface area (Å²) in [6.07, 6.45) is 0.989. The highest BCUT2D eigenvalue weighted by atomic mass is 19.1. The van der Waals surface area contributed by atoms with Gasteiger partial charge in [0.1, 0.15) is 23.4 Å². The second-order valence-corrected chi connectivity index (χ2v) is 7.98. The lowest BCUT2D eigenvalue weighted by atomic mass is 10.1. The number of nitrogens with zero attached hydrogens (tertiary/aromatic N) is 3. The average molecular weight is 456 g/mol. The van der Waals surface area contributed by atoms with Gasteiger partial charge in [0.2, 0.25) is 5.91 Å². The molecule has 3 rings (SSSR count). The zero-order valence-electron chi connectivity index (χ0n) is 18.5. The Morgan fingerprint density at radius 3 is 2.48 bits per heavy atom. The van der Waals surface area contributed by atoms with E-state index in [9.17, 15) is 29.0 Å².